The fraction of sp³-hybridized carbons (Fsp3) is 0. The Morgan fingerprint density at radius 2 is 2.17 bits per heavy atom. The molecule has 0 aliphatic rings. The summed E-state index contributed by atoms with van der Waals surface area (Å²) in [6, 6.07) is 6.24. The molecule has 0 saturated carbocycles. The van der Waals surface area contributed by atoms with Gasteiger partial charge in [0.25, 0.3) is 5.91 Å². The molecule has 2 aromatic rings. The van der Waals surface area contributed by atoms with Gasteiger partial charge in [-0.2, -0.15) is 0 Å². The number of nitrogens with zero attached hydrogens (tertiary/aromatic N) is 1. The lowest BCUT2D eigenvalue weighted by Crippen LogP contribution is -2.14. The van der Waals surface area contributed by atoms with Crippen molar-refractivity contribution in [2.45, 2.75) is 0 Å². The number of carbonyl (C=O) groups is 1. The zero-order valence-electron chi connectivity index (χ0n) is 9.15. The van der Waals surface area contributed by atoms with Crippen LogP contribution in [-0.4, -0.2) is 10.9 Å². The number of benzene rings is 1. The maximum absolute atomic E-state index is 13.4. The van der Waals surface area contributed by atoms with Crippen molar-refractivity contribution < 1.29 is 9.18 Å². The van der Waals surface area contributed by atoms with Crippen molar-refractivity contribution in [3.63, 3.8) is 0 Å². The molecule has 6 heteroatoms. The molecule has 0 fully saturated rings. The average molecular weight is 310 g/mol. The van der Waals surface area contributed by atoms with E-state index in [0.717, 1.165) is 6.20 Å². The average Bonchev–Trinajstić information content (AvgIpc) is 2.33. The molecule has 0 spiro atoms. The van der Waals surface area contributed by atoms with E-state index in [1.165, 1.54) is 12.3 Å². The molecule has 0 aliphatic heterocycles. The summed E-state index contributed by atoms with van der Waals surface area (Å²) < 4.78 is 14.0. The van der Waals surface area contributed by atoms with Crippen molar-refractivity contribution in [3.05, 3.63) is 52.5 Å². The number of hydrogen-bond donors (Lipinski definition) is 2. The lowest BCUT2D eigenvalue weighted by Gasteiger charge is -2.08. The Kier molecular flexibility index (Phi) is 3.57. The number of nitrogens with two attached hydrogens (primary N) is 1. The quantitative estimate of drug-likeness (QED) is 0.838. The molecular weight excluding hydrogens is 301 g/mol. The van der Waals surface area contributed by atoms with Crippen LogP contribution in [0, 0.1) is 5.82 Å². The number of carbonyl (C=O) groups excluding carboxylic acids is 1. The van der Waals surface area contributed by atoms with Gasteiger partial charge in [0.2, 0.25) is 0 Å². The highest BCUT2D eigenvalue weighted by Gasteiger charge is 2.12. The van der Waals surface area contributed by atoms with Crippen LogP contribution in [0.1, 0.15) is 10.4 Å². The molecular formula is C12H9BrFN3O. The predicted octanol–water partition coefficient (Wildman–Crippen LogP) is 2.82. The van der Waals surface area contributed by atoms with Crippen LogP contribution in [0.5, 0.6) is 0 Å². The Labute approximate surface area is 111 Å². The van der Waals surface area contributed by atoms with Gasteiger partial charge in [-0.3, -0.25) is 9.78 Å². The molecule has 1 aromatic carbocycles. The van der Waals surface area contributed by atoms with E-state index < -0.39 is 11.7 Å². The summed E-state index contributed by atoms with van der Waals surface area (Å²) in [6.07, 6.45) is 2.35. The standard InChI is InChI=1S/C12H9BrFN3O/c13-9-5-7(15)1-2-11(9)17-12(18)8-3-4-16-6-10(8)14/h1-6H,15H2,(H,17,18). The van der Waals surface area contributed by atoms with Crippen molar-refractivity contribution in [1.29, 1.82) is 0 Å². The van der Waals surface area contributed by atoms with Crippen LogP contribution in [0.15, 0.2) is 41.1 Å². The van der Waals surface area contributed by atoms with Gasteiger partial charge in [0.05, 0.1) is 17.4 Å². The number of pyridine rings is 1. The van der Waals surface area contributed by atoms with E-state index in [9.17, 15) is 9.18 Å². The van der Waals surface area contributed by atoms with Crippen LogP contribution in [0.25, 0.3) is 0 Å². The number of aromatic nitrogens is 1. The molecule has 0 saturated heterocycles. The highest BCUT2D eigenvalue weighted by molar-refractivity contribution is 9.10. The van der Waals surface area contributed by atoms with Gasteiger partial charge >= 0.3 is 0 Å². The summed E-state index contributed by atoms with van der Waals surface area (Å²) in [5, 5.41) is 2.59. The summed E-state index contributed by atoms with van der Waals surface area (Å²) in [4.78, 5) is 15.4. The maximum Gasteiger partial charge on any atom is 0.258 e. The van der Waals surface area contributed by atoms with Crippen molar-refractivity contribution in [1.82, 2.24) is 4.98 Å². The molecule has 4 nitrogen and oxygen atoms in total. The molecule has 18 heavy (non-hydrogen) atoms. The number of rotatable bonds is 2. The number of halogens is 2. The Bertz CT molecular complexity index is 604. The first-order valence-electron chi connectivity index (χ1n) is 5.04. The van der Waals surface area contributed by atoms with E-state index in [4.69, 9.17) is 5.73 Å². The molecule has 1 heterocycles. The molecule has 0 atom stereocenters. The molecule has 0 aliphatic carbocycles. The molecule has 2 rings (SSSR count). The van der Waals surface area contributed by atoms with Crippen LogP contribution in [0.4, 0.5) is 15.8 Å². The monoisotopic (exact) mass is 309 g/mol. The van der Waals surface area contributed by atoms with Gasteiger partial charge in [-0.15, -0.1) is 0 Å². The van der Waals surface area contributed by atoms with Gasteiger partial charge in [0.15, 0.2) is 5.82 Å². The summed E-state index contributed by atoms with van der Waals surface area (Å²) in [6.45, 7) is 0. The summed E-state index contributed by atoms with van der Waals surface area (Å²) in [5.41, 5.74) is 6.60. The highest BCUT2D eigenvalue weighted by atomic mass is 79.9. The summed E-state index contributed by atoms with van der Waals surface area (Å²) in [5.74, 6) is -1.21. The fourth-order valence-electron chi connectivity index (χ4n) is 1.38. The van der Waals surface area contributed by atoms with E-state index in [1.807, 2.05) is 0 Å². The number of nitrogen functional groups attached to an aromatic ring is 1. The predicted molar refractivity (Wildman–Crippen MR) is 70.7 cm³/mol. The van der Waals surface area contributed by atoms with Gasteiger partial charge in [-0.25, -0.2) is 4.39 Å². The Morgan fingerprint density at radius 1 is 1.39 bits per heavy atom. The number of anilines is 2. The van der Waals surface area contributed by atoms with Gasteiger partial charge in [-0.1, -0.05) is 0 Å². The zero-order valence-corrected chi connectivity index (χ0v) is 10.7. The second kappa shape index (κ2) is 5.14. The van der Waals surface area contributed by atoms with E-state index in [0.29, 0.717) is 15.8 Å². The van der Waals surface area contributed by atoms with Gasteiger partial charge in [0.1, 0.15) is 0 Å². The highest BCUT2D eigenvalue weighted by Crippen LogP contribution is 2.25. The minimum absolute atomic E-state index is 0.0614. The smallest absolute Gasteiger partial charge is 0.258 e. The largest absolute Gasteiger partial charge is 0.399 e. The Balaban J connectivity index is 2.24. The second-order valence-corrected chi connectivity index (χ2v) is 4.40. The van der Waals surface area contributed by atoms with E-state index in [-0.39, 0.29) is 5.56 Å². The zero-order chi connectivity index (χ0) is 13.1. The van der Waals surface area contributed by atoms with Crippen LogP contribution in [0.3, 0.4) is 0 Å². The van der Waals surface area contributed by atoms with E-state index in [2.05, 4.69) is 26.2 Å². The van der Waals surface area contributed by atoms with Gasteiger partial charge in [-0.05, 0) is 40.2 Å². The molecule has 1 amide bonds. The van der Waals surface area contributed by atoms with Crippen LogP contribution < -0.4 is 11.1 Å². The van der Waals surface area contributed by atoms with Crippen molar-refractivity contribution in [2.24, 2.45) is 0 Å². The van der Waals surface area contributed by atoms with Crippen LogP contribution >= 0.6 is 15.9 Å². The molecule has 0 bridgehead atoms. The third kappa shape index (κ3) is 2.65. The number of nitrogens with one attached hydrogen (secondary N) is 1. The van der Waals surface area contributed by atoms with E-state index >= 15 is 0 Å². The van der Waals surface area contributed by atoms with Crippen LogP contribution in [0.2, 0.25) is 0 Å². The third-order valence-electron chi connectivity index (χ3n) is 2.26. The topological polar surface area (TPSA) is 68.0 Å². The second-order valence-electron chi connectivity index (χ2n) is 3.55. The van der Waals surface area contributed by atoms with Crippen molar-refractivity contribution >= 4 is 33.2 Å². The number of amides is 1. The first-order chi connectivity index (χ1) is 8.58. The Hall–Kier alpha value is -1.95. The first kappa shape index (κ1) is 12.5. The SMILES string of the molecule is Nc1ccc(NC(=O)c2ccncc2F)c(Br)c1. The minimum atomic E-state index is -0.665. The Morgan fingerprint density at radius 3 is 2.83 bits per heavy atom. The van der Waals surface area contributed by atoms with Crippen LogP contribution in [-0.2, 0) is 0 Å². The minimum Gasteiger partial charge on any atom is -0.399 e. The van der Waals surface area contributed by atoms with E-state index in [1.54, 1.807) is 18.2 Å². The normalized spacial score (nSPS) is 10.1. The maximum atomic E-state index is 13.4. The first-order valence-corrected chi connectivity index (χ1v) is 5.83. The molecule has 92 valence electrons. The van der Waals surface area contributed by atoms with Crippen molar-refractivity contribution in [2.75, 3.05) is 11.1 Å². The molecule has 3 N–H and O–H groups in total. The number of hydrogen-bond acceptors (Lipinski definition) is 3. The summed E-state index contributed by atoms with van der Waals surface area (Å²) >= 11 is 3.27. The summed E-state index contributed by atoms with van der Waals surface area (Å²) in [7, 11) is 0. The molecule has 0 unspecified atom stereocenters. The van der Waals surface area contributed by atoms with Crippen molar-refractivity contribution in [3.8, 4) is 0 Å². The third-order valence-corrected chi connectivity index (χ3v) is 2.91. The van der Waals surface area contributed by atoms with Gasteiger partial charge in [0, 0.05) is 16.4 Å². The fourth-order valence-corrected chi connectivity index (χ4v) is 1.88. The lowest BCUT2D eigenvalue weighted by molar-refractivity contribution is 0.102. The lowest BCUT2D eigenvalue weighted by atomic mass is 10.2. The molecule has 0 radical (unpaired) electrons. The molecule has 1 aromatic heterocycles. The van der Waals surface area contributed by atoms with Gasteiger partial charge < -0.3 is 11.1 Å².